The number of rotatable bonds is 2. The van der Waals surface area contributed by atoms with Crippen molar-refractivity contribution < 1.29 is 15.0 Å². The number of benzene rings is 1. The molecule has 0 amide bonds. The van der Waals surface area contributed by atoms with Gasteiger partial charge in [0.1, 0.15) is 11.7 Å². The zero-order valence-corrected chi connectivity index (χ0v) is 9.50. The lowest BCUT2D eigenvalue weighted by Gasteiger charge is -2.27. The summed E-state index contributed by atoms with van der Waals surface area (Å²) < 4.78 is 0. The van der Waals surface area contributed by atoms with E-state index in [1.165, 1.54) is 19.1 Å². The molecule has 0 saturated carbocycles. The minimum absolute atomic E-state index is 0.156. The number of Topliss-reactive ketones (excluding diaryl/α,β-unsaturated/α-hetero) is 1. The van der Waals surface area contributed by atoms with Gasteiger partial charge < -0.3 is 10.2 Å². The van der Waals surface area contributed by atoms with Crippen molar-refractivity contribution in [1.29, 1.82) is 0 Å². The van der Waals surface area contributed by atoms with Crippen LogP contribution in [0.3, 0.4) is 0 Å². The van der Waals surface area contributed by atoms with Crippen molar-refractivity contribution in [3.63, 3.8) is 0 Å². The highest BCUT2D eigenvalue weighted by atomic mass is 16.3. The quantitative estimate of drug-likeness (QED) is 0.756. The van der Waals surface area contributed by atoms with Crippen LogP contribution in [0.15, 0.2) is 54.1 Å². The molecule has 1 aliphatic rings. The molecule has 2 rings (SSSR count). The fourth-order valence-corrected chi connectivity index (χ4v) is 1.66. The zero-order chi connectivity index (χ0) is 12.5. The van der Waals surface area contributed by atoms with Crippen LogP contribution in [0.25, 0.3) is 0 Å². The maximum Gasteiger partial charge on any atom is 0.192 e. The first-order chi connectivity index (χ1) is 8.00. The van der Waals surface area contributed by atoms with E-state index >= 15 is 0 Å². The molecule has 2 unspecified atom stereocenters. The highest BCUT2D eigenvalue weighted by molar-refractivity contribution is 6.10. The summed E-state index contributed by atoms with van der Waals surface area (Å²) in [5.41, 5.74) is -0.340. The number of hydrogen-bond donors (Lipinski definition) is 2. The van der Waals surface area contributed by atoms with Crippen molar-refractivity contribution in [3.05, 3.63) is 59.7 Å². The SMILES string of the molecule is CC1(O)C=CC(C(=O)c2ccccc2)=CC1O. The lowest BCUT2D eigenvalue weighted by molar-refractivity contribution is -0.00132. The summed E-state index contributed by atoms with van der Waals surface area (Å²) in [6.07, 6.45) is 3.31. The van der Waals surface area contributed by atoms with E-state index < -0.39 is 11.7 Å². The van der Waals surface area contributed by atoms with E-state index in [2.05, 4.69) is 0 Å². The van der Waals surface area contributed by atoms with Gasteiger partial charge in [-0.3, -0.25) is 4.79 Å². The molecule has 2 atom stereocenters. The van der Waals surface area contributed by atoms with Gasteiger partial charge in [-0.15, -0.1) is 0 Å². The van der Waals surface area contributed by atoms with Crippen molar-refractivity contribution in [1.82, 2.24) is 0 Å². The Morgan fingerprint density at radius 1 is 1.29 bits per heavy atom. The summed E-state index contributed by atoms with van der Waals surface area (Å²) in [6, 6.07) is 8.84. The molecule has 1 aliphatic carbocycles. The number of allylic oxidation sites excluding steroid dienone is 2. The molecule has 0 aromatic heterocycles. The number of aliphatic hydroxyl groups is 2. The second-order valence-corrected chi connectivity index (χ2v) is 4.32. The van der Waals surface area contributed by atoms with Gasteiger partial charge in [0.25, 0.3) is 0 Å². The number of carbonyl (C=O) groups is 1. The topological polar surface area (TPSA) is 57.5 Å². The Balaban J connectivity index is 2.27. The maximum atomic E-state index is 12.0. The molecule has 1 aromatic carbocycles. The highest BCUT2D eigenvalue weighted by Crippen LogP contribution is 2.23. The largest absolute Gasteiger partial charge is 0.386 e. The highest BCUT2D eigenvalue weighted by Gasteiger charge is 2.30. The van der Waals surface area contributed by atoms with E-state index in [0.717, 1.165) is 0 Å². The average Bonchev–Trinajstić information content (AvgIpc) is 2.33. The van der Waals surface area contributed by atoms with Crippen molar-refractivity contribution >= 4 is 5.78 Å². The van der Waals surface area contributed by atoms with Gasteiger partial charge in [-0.05, 0) is 19.1 Å². The predicted octanol–water partition coefficient (Wildman–Crippen LogP) is 1.48. The fourth-order valence-electron chi connectivity index (χ4n) is 1.66. The predicted molar refractivity (Wildman–Crippen MR) is 64.6 cm³/mol. The first-order valence-electron chi connectivity index (χ1n) is 5.42. The molecule has 88 valence electrons. The van der Waals surface area contributed by atoms with E-state index in [-0.39, 0.29) is 5.78 Å². The fraction of sp³-hybridized carbons (Fsp3) is 0.214. The molecule has 2 N–H and O–H groups in total. The van der Waals surface area contributed by atoms with Gasteiger partial charge in [0.05, 0.1) is 0 Å². The van der Waals surface area contributed by atoms with Crippen molar-refractivity contribution in [2.45, 2.75) is 18.6 Å². The van der Waals surface area contributed by atoms with Gasteiger partial charge in [-0.2, -0.15) is 0 Å². The molecule has 0 heterocycles. The van der Waals surface area contributed by atoms with Crippen LogP contribution in [0.4, 0.5) is 0 Å². The first kappa shape index (κ1) is 11.8. The third-order valence-electron chi connectivity index (χ3n) is 2.83. The molecule has 0 aliphatic heterocycles. The molecule has 0 fully saturated rings. The van der Waals surface area contributed by atoms with E-state index in [1.54, 1.807) is 30.3 Å². The molecule has 17 heavy (non-hydrogen) atoms. The summed E-state index contributed by atoms with van der Waals surface area (Å²) in [7, 11) is 0. The normalized spacial score (nSPS) is 27.7. The van der Waals surface area contributed by atoms with E-state index in [4.69, 9.17) is 0 Å². The summed E-state index contributed by atoms with van der Waals surface area (Å²) in [5, 5.41) is 19.4. The van der Waals surface area contributed by atoms with Gasteiger partial charge in [-0.25, -0.2) is 0 Å². The Labute approximate surface area is 99.7 Å². The molecule has 0 spiro atoms. The molecular formula is C14H14O3. The van der Waals surface area contributed by atoms with Gasteiger partial charge in [0, 0.05) is 11.1 Å². The number of aliphatic hydroxyl groups excluding tert-OH is 1. The number of carbonyl (C=O) groups excluding carboxylic acids is 1. The first-order valence-corrected chi connectivity index (χ1v) is 5.42. The van der Waals surface area contributed by atoms with Crippen molar-refractivity contribution in [3.8, 4) is 0 Å². The van der Waals surface area contributed by atoms with Crippen LogP contribution >= 0.6 is 0 Å². The van der Waals surface area contributed by atoms with Crippen molar-refractivity contribution in [2.24, 2.45) is 0 Å². The minimum Gasteiger partial charge on any atom is -0.386 e. The van der Waals surface area contributed by atoms with Crippen LogP contribution in [-0.2, 0) is 0 Å². The van der Waals surface area contributed by atoms with E-state index in [9.17, 15) is 15.0 Å². The van der Waals surface area contributed by atoms with Crippen LogP contribution in [0.1, 0.15) is 17.3 Å². The molecule has 1 aromatic rings. The molecular weight excluding hydrogens is 216 g/mol. The summed E-state index contributed by atoms with van der Waals surface area (Å²) in [4.78, 5) is 12.0. The van der Waals surface area contributed by atoms with E-state index in [0.29, 0.717) is 11.1 Å². The smallest absolute Gasteiger partial charge is 0.192 e. The van der Waals surface area contributed by atoms with Crippen molar-refractivity contribution in [2.75, 3.05) is 0 Å². The Morgan fingerprint density at radius 3 is 2.53 bits per heavy atom. The van der Waals surface area contributed by atoms with Crippen LogP contribution < -0.4 is 0 Å². The Kier molecular flexibility index (Phi) is 2.96. The molecule has 3 heteroatoms. The van der Waals surface area contributed by atoms with E-state index in [1.807, 2.05) is 6.07 Å². The second kappa shape index (κ2) is 4.28. The van der Waals surface area contributed by atoms with Gasteiger partial charge in [-0.1, -0.05) is 36.4 Å². The van der Waals surface area contributed by atoms with Crippen LogP contribution in [-0.4, -0.2) is 27.7 Å². The second-order valence-electron chi connectivity index (χ2n) is 4.32. The van der Waals surface area contributed by atoms with Gasteiger partial charge in [0.15, 0.2) is 5.78 Å². The van der Waals surface area contributed by atoms with Crippen LogP contribution in [0.5, 0.6) is 0 Å². The third kappa shape index (κ3) is 2.35. The Hall–Kier alpha value is -1.71. The Bertz CT molecular complexity index is 483. The maximum absolute atomic E-state index is 12.0. The van der Waals surface area contributed by atoms with Gasteiger partial charge >= 0.3 is 0 Å². The van der Waals surface area contributed by atoms with Crippen LogP contribution in [0.2, 0.25) is 0 Å². The van der Waals surface area contributed by atoms with Crippen LogP contribution in [0, 0.1) is 0 Å². The zero-order valence-electron chi connectivity index (χ0n) is 9.50. The molecule has 0 bridgehead atoms. The number of ketones is 1. The molecule has 3 nitrogen and oxygen atoms in total. The lowest BCUT2D eigenvalue weighted by atomic mass is 9.88. The average molecular weight is 230 g/mol. The minimum atomic E-state index is -1.31. The molecule has 0 saturated heterocycles. The number of hydrogen-bond acceptors (Lipinski definition) is 3. The standard InChI is InChI=1S/C14H14O3/c1-14(17)8-7-11(9-12(14)15)13(16)10-5-3-2-4-6-10/h2-9,12,15,17H,1H3. The summed E-state index contributed by atoms with van der Waals surface area (Å²) in [5.74, 6) is -0.156. The Morgan fingerprint density at radius 2 is 1.94 bits per heavy atom. The third-order valence-corrected chi connectivity index (χ3v) is 2.83. The molecule has 0 radical (unpaired) electrons. The summed E-state index contributed by atoms with van der Waals surface area (Å²) >= 11 is 0. The van der Waals surface area contributed by atoms with Gasteiger partial charge in [0.2, 0.25) is 0 Å². The monoisotopic (exact) mass is 230 g/mol. The lowest BCUT2D eigenvalue weighted by Crippen LogP contribution is -2.38. The summed E-state index contributed by atoms with van der Waals surface area (Å²) in [6.45, 7) is 1.49.